The van der Waals surface area contributed by atoms with E-state index in [0.29, 0.717) is 6.54 Å². The summed E-state index contributed by atoms with van der Waals surface area (Å²) in [5.41, 5.74) is 4.46. The molecule has 0 heterocycles. The number of benzene rings is 2. The summed E-state index contributed by atoms with van der Waals surface area (Å²) in [7, 11) is 1.76. The van der Waals surface area contributed by atoms with Crippen molar-refractivity contribution in [2.24, 2.45) is 0 Å². The molecule has 0 aliphatic carbocycles. The molecule has 2 amide bonds. The number of thioether (sulfide) groups is 1. The lowest BCUT2D eigenvalue weighted by molar-refractivity contribution is -0.122. The van der Waals surface area contributed by atoms with Crippen LogP contribution in [0, 0.1) is 13.8 Å². The van der Waals surface area contributed by atoms with Crippen LogP contribution in [0.4, 0.5) is 5.69 Å². The molecule has 6 heteroatoms. The molecule has 2 aromatic carbocycles. The molecular formula is C22H29N3O2S. The number of likely N-dealkylation sites (N-methyl/N-ethyl adjacent to an activating group) is 1. The molecule has 2 aromatic rings. The maximum atomic E-state index is 12.1. The van der Waals surface area contributed by atoms with E-state index in [-0.39, 0.29) is 24.9 Å². The zero-order valence-electron chi connectivity index (χ0n) is 16.8. The van der Waals surface area contributed by atoms with Gasteiger partial charge in [0.1, 0.15) is 0 Å². The summed E-state index contributed by atoms with van der Waals surface area (Å²) in [6.07, 6.45) is 0. The summed E-state index contributed by atoms with van der Waals surface area (Å²) >= 11 is 1.79. The number of carbonyl (C=O) groups excluding carboxylic acids is 2. The number of nitrogens with zero attached hydrogens (tertiary/aromatic N) is 1. The molecule has 150 valence electrons. The Morgan fingerprint density at radius 1 is 0.893 bits per heavy atom. The van der Waals surface area contributed by atoms with Crippen LogP contribution in [0.15, 0.2) is 48.5 Å². The highest BCUT2D eigenvalue weighted by Gasteiger charge is 2.10. The van der Waals surface area contributed by atoms with Gasteiger partial charge in [0.2, 0.25) is 11.8 Å². The Morgan fingerprint density at radius 2 is 1.46 bits per heavy atom. The van der Waals surface area contributed by atoms with Crippen molar-refractivity contribution in [1.82, 2.24) is 10.2 Å². The quantitative estimate of drug-likeness (QED) is 0.602. The predicted octanol–water partition coefficient (Wildman–Crippen LogP) is 3.22. The first-order valence-electron chi connectivity index (χ1n) is 9.37. The van der Waals surface area contributed by atoms with E-state index in [9.17, 15) is 9.59 Å². The van der Waals surface area contributed by atoms with Crippen LogP contribution in [0.2, 0.25) is 0 Å². The van der Waals surface area contributed by atoms with Crippen LogP contribution < -0.4 is 10.6 Å². The normalized spacial score (nSPS) is 10.7. The second-order valence-corrected chi connectivity index (χ2v) is 8.08. The van der Waals surface area contributed by atoms with E-state index in [2.05, 4.69) is 41.8 Å². The Morgan fingerprint density at radius 3 is 2.11 bits per heavy atom. The van der Waals surface area contributed by atoms with Gasteiger partial charge in [-0.3, -0.25) is 14.5 Å². The summed E-state index contributed by atoms with van der Waals surface area (Å²) in [6, 6.07) is 16.1. The van der Waals surface area contributed by atoms with Crippen molar-refractivity contribution in [3.8, 4) is 0 Å². The van der Waals surface area contributed by atoms with Crippen molar-refractivity contribution in [3.63, 3.8) is 0 Å². The fourth-order valence-corrected chi connectivity index (χ4v) is 3.40. The second-order valence-electron chi connectivity index (χ2n) is 6.97. The molecule has 0 spiro atoms. The van der Waals surface area contributed by atoms with Crippen LogP contribution in [0.5, 0.6) is 0 Å². The monoisotopic (exact) mass is 399 g/mol. The standard InChI is InChI=1S/C22H29N3O2S/c1-17-4-8-19(9-5-17)16-28-13-12-23-21(26)14-25(3)15-22(27)24-20-10-6-18(2)7-11-20/h4-11H,12-16H2,1-3H3,(H,23,26)(H,24,27). The first-order chi connectivity index (χ1) is 13.4. The average molecular weight is 400 g/mol. The van der Waals surface area contributed by atoms with Crippen molar-refractivity contribution in [1.29, 1.82) is 0 Å². The number of hydrogen-bond donors (Lipinski definition) is 2. The maximum absolute atomic E-state index is 12.1. The lowest BCUT2D eigenvalue weighted by Crippen LogP contribution is -2.39. The van der Waals surface area contributed by atoms with Crippen LogP contribution >= 0.6 is 11.8 Å². The molecule has 0 radical (unpaired) electrons. The molecule has 2 N–H and O–H groups in total. The minimum absolute atomic E-state index is 0.0680. The zero-order chi connectivity index (χ0) is 20.4. The van der Waals surface area contributed by atoms with Crippen molar-refractivity contribution < 1.29 is 9.59 Å². The Bertz CT molecular complexity index is 760. The molecule has 0 aromatic heterocycles. The van der Waals surface area contributed by atoms with Gasteiger partial charge in [-0.25, -0.2) is 0 Å². The smallest absolute Gasteiger partial charge is 0.238 e. The molecule has 0 aliphatic rings. The van der Waals surface area contributed by atoms with Crippen LogP contribution in [-0.4, -0.2) is 49.1 Å². The van der Waals surface area contributed by atoms with E-state index in [1.807, 2.05) is 31.2 Å². The highest BCUT2D eigenvalue weighted by Crippen LogP contribution is 2.12. The van der Waals surface area contributed by atoms with Gasteiger partial charge in [-0.15, -0.1) is 0 Å². The van der Waals surface area contributed by atoms with E-state index in [4.69, 9.17) is 0 Å². The van der Waals surface area contributed by atoms with Gasteiger partial charge in [0, 0.05) is 23.7 Å². The molecule has 5 nitrogen and oxygen atoms in total. The Labute approximate surface area is 171 Å². The molecule has 0 aliphatic heterocycles. The molecule has 0 fully saturated rings. The van der Waals surface area contributed by atoms with E-state index in [1.54, 1.807) is 23.7 Å². The van der Waals surface area contributed by atoms with E-state index in [1.165, 1.54) is 11.1 Å². The van der Waals surface area contributed by atoms with Gasteiger partial charge in [-0.2, -0.15) is 11.8 Å². The number of hydrogen-bond acceptors (Lipinski definition) is 4. The highest BCUT2D eigenvalue weighted by atomic mass is 32.2. The number of carbonyl (C=O) groups is 2. The van der Waals surface area contributed by atoms with Crippen LogP contribution in [0.3, 0.4) is 0 Å². The summed E-state index contributed by atoms with van der Waals surface area (Å²) in [6.45, 7) is 5.07. The third-order valence-corrected chi connectivity index (χ3v) is 5.15. The molecule has 0 atom stereocenters. The fourth-order valence-electron chi connectivity index (χ4n) is 2.58. The van der Waals surface area contributed by atoms with Crippen LogP contribution in [0.25, 0.3) is 0 Å². The Kier molecular flexibility index (Phi) is 9.04. The second kappa shape index (κ2) is 11.5. The summed E-state index contributed by atoms with van der Waals surface area (Å²) in [5.74, 6) is 1.60. The van der Waals surface area contributed by atoms with Crippen molar-refractivity contribution in [3.05, 3.63) is 65.2 Å². The Hall–Kier alpha value is -2.31. The van der Waals surface area contributed by atoms with Gasteiger partial charge in [-0.05, 0) is 38.6 Å². The largest absolute Gasteiger partial charge is 0.354 e. The lowest BCUT2D eigenvalue weighted by Gasteiger charge is -2.16. The van der Waals surface area contributed by atoms with Gasteiger partial charge in [-0.1, -0.05) is 47.5 Å². The first-order valence-corrected chi connectivity index (χ1v) is 10.5. The number of aryl methyl sites for hydroxylation is 2. The molecular weight excluding hydrogens is 370 g/mol. The zero-order valence-corrected chi connectivity index (χ0v) is 17.6. The number of anilines is 1. The molecule has 0 bridgehead atoms. The molecule has 0 saturated carbocycles. The van der Waals surface area contributed by atoms with E-state index < -0.39 is 0 Å². The minimum Gasteiger partial charge on any atom is -0.354 e. The number of rotatable bonds is 10. The van der Waals surface area contributed by atoms with Gasteiger partial charge in [0.05, 0.1) is 13.1 Å². The topological polar surface area (TPSA) is 61.4 Å². The third kappa shape index (κ3) is 8.59. The number of nitrogens with one attached hydrogen (secondary N) is 2. The van der Waals surface area contributed by atoms with Gasteiger partial charge >= 0.3 is 0 Å². The van der Waals surface area contributed by atoms with Gasteiger partial charge in [0.15, 0.2) is 0 Å². The van der Waals surface area contributed by atoms with Crippen LogP contribution in [0.1, 0.15) is 16.7 Å². The van der Waals surface area contributed by atoms with E-state index in [0.717, 1.165) is 22.8 Å². The molecule has 0 unspecified atom stereocenters. The third-order valence-electron chi connectivity index (χ3n) is 4.12. The lowest BCUT2D eigenvalue weighted by atomic mass is 10.2. The number of amides is 2. The fraction of sp³-hybridized carbons (Fsp3) is 0.364. The average Bonchev–Trinajstić information content (AvgIpc) is 2.64. The SMILES string of the molecule is Cc1ccc(CSCCNC(=O)CN(C)CC(=O)Nc2ccc(C)cc2)cc1. The molecule has 28 heavy (non-hydrogen) atoms. The Balaban J connectivity index is 1.57. The minimum atomic E-state index is -0.132. The molecule has 2 rings (SSSR count). The van der Waals surface area contributed by atoms with Gasteiger partial charge < -0.3 is 10.6 Å². The molecule has 0 saturated heterocycles. The maximum Gasteiger partial charge on any atom is 0.238 e. The van der Waals surface area contributed by atoms with E-state index >= 15 is 0 Å². The predicted molar refractivity (Wildman–Crippen MR) is 118 cm³/mol. The summed E-state index contributed by atoms with van der Waals surface area (Å²) in [4.78, 5) is 25.8. The summed E-state index contributed by atoms with van der Waals surface area (Å²) in [5, 5.41) is 5.74. The van der Waals surface area contributed by atoms with Crippen LogP contribution in [-0.2, 0) is 15.3 Å². The van der Waals surface area contributed by atoms with Crippen molar-refractivity contribution >= 4 is 29.3 Å². The van der Waals surface area contributed by atoms with Crippen molar-refractivity contribution in [2.45, 2.75) is 19.6 Å². The first kappa shape index (κ1) is 22.0. The summed E-state index contributed by atoms with van der Waals surface area (Å²) < 4.78 is 0. The van der Waals surface area contributed by atoms with Crippen molar-refractivity contribution in [2.75, 3.05) is 37.8 Å². The van der Waals surface area contributed by atoms with Gasteiger partial charge in [0.25, 0.3) is 0 Å². The highest BCUT2D eigenvalue weighted by molar-refractivity contribution is 7.98.